The van der Waals surface area contributed by atoms with E-state index < -0.39 is 11.4 Å². The molecule has 0 saturated carbocycles. The predicted octanol–water partition coefficient (Wildman–Crippen LogP) is 1.10. The molecular formula is C14H22N4O2. The summed E-state index contributed by atoms with van der Waals surface area (Å²) in [4.78, 5) is 24.1. The van der Waals surface area contributed by atoms with E-state index in [1.54, 1.807) is 26.2 Å². The van der Waals surface area contributed by atoms with Crippen LogP contribution in [0.1, 0.15) is 20.3 Å². The van der Waals surface area contributed by atoms with Crippen molar-refractivity contribution in [2.45, 2.75) is 20.3 Å². The van der Waals surface area contributed by atoms with Crippen molar-refractivity contribution >= 4 is 11.9 Å². The Bertz CT molecular complexity index is 442. The molecule has 110 valence electrons. The molecule has 1 aliphatic rings. The molecule has 1 saturated heterocycles. The average molecular weight is 278 g/mol. The van der Waals surface area contributed by atoms with Crippen molar-refractivity contribution in [1.29, 1.82) is 0 Å². The van der Waals surface area contributed by atoms with E-state index in [0.717, 1.165) is 38.7 Å². The fraction of sp³-hybridized carbons (Fsp3) is 0.643. The first kappa shape index (κ1) is 14.7. The summed E-state index contributed by atoms with van der Waals surface area (Å²) in [7, 11) is 0. The van der Waals surface area contributed by atoms with E-state index in [1.807, 2.05) is 6.07 Å². The molecule has 0 unspecified atom stereocenters. The molecule has 1 aromatic heterocycles. The second-order valence-electron chi connectivity index (χ2n) is 5.82. The second-order valence-corrected chi connectivity index (χ2v) is 5.82. The molecule has 20 heavy (non-hydrogen) atoms. The van der Waals surface area contributed by atoms with Gasteiger partial charge in [0.1, 0.15) is 0 Å². The minimum Gasteiger partial charge on any atom is -0.481 e. The van der Waals surface area contributed by atoms with E-state index in [9.17, 15) is 4.79 Å². The zero-order chi connectivity index (χ0) is 14.6. The van der Waals surface area contributed by atoms with Crippen LogP contribution in [-0.2, 0) is 4.79 Å². The average Bonchev–Trinajstić information content (AvgIpc) is 2.46. The molecule has 6 nitrogen and oxygen atoms in total. The van der Waals surface area contributed by atoms with Gasteiger partial charge in [-0.15, -0.1) is 0 Å². The van der Waals surface area contributed by atoms with Crippen molar-refractivity contribution in [3.8, 4) is 0 Å². The first-order valence-electron chi connectivity index (χ1n) is 6.97. The maximum Gasteiger partial charge on any atom is 0.309 e. The number of carbonyl (C=O) groups is 1. The Kier molecular flexibility index (Phi) is 4.54. The third-order valence-corrected chi connectivity index (χ3v) is 3.84. The maximum absolute atomic E-state index is 11.1. The van der Waals surface area contributed by atoms with Gasteiger partial charge < -0.3 is 10.0 Å². The van der Waals surface area contributed by atoms with E-state index in [4.69, 9.17) is 5.11 Å². The lowest BCUT2D eigenvalue weighted by atomic mass is 9.89. The number of carboxylic acids is 1. The van der Waals surface area contributed by atoms with Crippen LogP contribution < -0.4 is 4.90 Å². The maximum atomic E-state index is 11.1. The summed E-state index contributed by atoms with van der Waals surface area (Å²) >= 11 is 0. The molecule has 1 aromatic rings. The van der Waals surface area contributed by atoms with E-state index in [2.05, 4.69) is 19.8 Å². The number of aromatic nitrogens is 2. The molecule has 0 aliphatic carbocycles. The van der Waals surface area contributed by atoms with E-state index in [0.29, 0.717) is 6.42 Å². The lowest BCUT2D eigenvalue weighted by Crippen LogP contribution is -2.48. The number of anilines is 1. The van der Waals surface area contributed by atoms with Crippen LogP contribution in [0.3, 0.4) is 0 Å². The summed E-state index contributed by atoms with van der Waals surface area (Å²) in [6, 6.07) is 1.81. The summed E-state index contributed by atoms with van der Waals surface area (Å²) < 4.78 is 0. The van der Waals surface area contributed by atoms with Crippen LogP contribution in [0.15, 0.2) is 18.5 Å². The van der Waals surface area contributed by atoms with E-state index in [1.165, 1.54) is 0 Å². The summed E-state index contributed by atoms with van der Waals surface area (Å²) in [5.41, 5.74) is -0.653. The fourth-order valence-electron chi connectivity index (χ4n) is 2.17. The molecule has 0 radical (unpaired) electrons. The fourth-order valence-corrected chi connectivity index (χ4v) is 2.17. The van der Waals surface area contributed by atoms with Crippen LogP contribution in [0.25, 0.3) is 0 Å². The van der Waals surface area contributed by atoms with Crippen LogP contribution in [0, 0.1) is 5.41 Å². The predicted molar refractivity (Wildman–Crippen MR) is 76.7 cm³/mol. The number of carboxylic acid groups (broad SMARTS) is 1. The van der Waals surface area contributed by atoms with Gasteiger partial charge in [0, 0.05) is 38.6 Å². The van der Waals surface area contributed by atoms with Gasteiger partial charge in [-0.25, -0.2) is 9.97 Å². The minimum atomic E-state index is -0.728. The van der Waals surface area contributed by atoms with Gasteiger partial charge >= 0.3 is 5.97 Å². The molecule has 1 N–H and O–H groups in total. The molecule has 2 rings (SSSR count). The molecule has 0 aromatic carbocycles. The number of aliphatic carboxylic acids is 1. The van der Waals surface area contributed by atoms with Crippen LogP contribution in [0.2, 0.25) is 0 Å². The SMILES string of the molecule is CC(C)(CCN1CCN(c2ncccn2)CC1)C(=O)O. The van der Waals surface area contributed by atoms with Crippen LogP contribution in [-0.4, -0.2) is 58.7 Å². The van der Waals surface area contributed by atoms with E-state index >= 15 is 0 Å². The van der Waals surface area contributed by atoms with Crippen molar-refractivity contribution in [1.82, 2.24) is 14.9 Å². The number of piperazine rings is 1. The van der Waals surface area contributed by atoms with Crippen LogP contribution >= 0.6 is 0 Å². The molecule has 1 fully saturated rings. The molecular weight excluding hydrogens is 256 g/mol. The van der Waals surface area contributed by atoms with Gasteiger partial charge in [-0.2, -0.15) is 0 Å². The Hall–Kier alpha value is -1.69. The smallest absolute Gasteiger partial charge is 0.309 e. The topological polar surface area (TPSA) is 69.6 Å². The Balaban J connectivity index is 1.79. The lowest BCUT2D eigenvalue weighted by Gasteiger charge is -2.35. The molecule has 6 heteroatoms. The first-order chi connectivity index (χ1) is 9.49. The van der Waals surface area contributed by atoms with Gasteiger partial charge in [-0.1, -0.05) is 0 Å². The van der Waals surface area contributed by atoms with Crippen molar-refractivity contribution in [3.05, 3.63) is 18.5 Å². The first-order valence-corrected chi connectivity index (χ1v) is 6.97. The summed E-state index contributed by atoms with van der Waals surface area (Å²) in [6.07, 6.45) is 4.18. The molecule has 0 amide bonds. The third-order valence-electron chi connectivity index (χ3n) is 3.84. The van der Waals surface area contributed by atoms with Crippen molar-refractivity contribution in [2.24, 2.45) is 5.41 Å². The molecule has 2 heterocycles. The zero-order valence-electron chi connectivity index (χ0n) is 12.1. The summed E-state index contributed by atoms with van der Waals surface area (Å²) in [5.74, 6) is 0.0480. The van der Waals surface area contributed by atoms with Crippen LogP contribution in [0.4, 0.5) is 5.95 Å². The Labute approximate surface area is 119 Å². The Morgan fingerprint density at radius 1 is 1.25 bits per heavy atom. The highest BCUT2D eigenvalue weighted by Gasteiger charge is 2.28. The van der Waals surface area contributed by atoms with Crippen LogP contribution in [0.5, 0.6) is 0 Å². The molecule has 0 atom stereocenters. The van der Waals surface area contributed by atoms with Gasteiger partial charge in [0.05, 0.1) is 5.41 Å². The second kappa shape index (κ2) is 6.17. The van der Waals surface area contributed by atoms with Gasteiger partial charge in [0.15, 0.2) is 0 Å². The number of hydrogen-bond acceptors (Lipinski definition) is 5. The highest BCUT2D eigenvalue weighted by molar-refractivity contribution is 5.73. The van der Waals surface area contributed by atoms with Gasteiger partial charge in [-0.3, -0.25) is 9.69 Å². The molecule has 0 spiro atoms. The monoisotopic (exact) mass is 278 g/mol. The lowest BCUT2D eigenvalue weighted by molar-refractivity contribution is -0.147. The summed E-state index contributed by atoms with van der Waals surface area (Å²) in [6.45, 7) is 8.01. The Morgan fingerprint density at radius 2 is 1.85 bits per heavy atom. The van der Waals surface area contributed by atoms with Crippen molar-refractivity contribution in [3.63, 3.8) is 0 Å². The summed E-state index contributed by atoms with van der Waals surface area (Å²) in [5, 5.41) is 9.12. The quantitative estimate of drug-likeness (QED) is 0.870. The number of nitrogens with zero attached hydrogens (tertiary/aromatic N) is 4. The zero-order valence-corrected chi connectivity index (χ0v) is 12.1. The normalized spacial score (nSPS) is 17.2. The largest absolute Gasteiger partial charge is 0.481 e. The highest BCUT2D eigenvalue weighted by atomic mass is 16.4. The number of rotatable bonds is 5. The Morgan fingerprint density at radius 3 is 2.40 bits per heavy atom. The van der Waals surface area contributed by atoms with Gasteiger partial charge in [0.2, 0.25) is 5.95 Å². The van der Waals surface area contributed by atoms with Crippen molar-refractivity contribution in [2.75, 3.05) is 37.6 Å². The van der Waals surface area contributed by atoms with Gasteiger partial charge in [-0.05, 0) is 32.9 Å². The molecule has 1 aliphatic heterocycles. The minimum absolute atomic E-state index is 0.653. The molecule has 0 bridgehead atoms. The standard InChI is InChI=1S/C14H22N4O2/c1-14(2,12(19)20)4-7-17-8-10-18(11-9-17)13-15-5-3-6-16-13/h3,5-6H,4,7-11H2,1-2H3,(H,19,20). The highest BCUT2D eigenvalue weighted by Crippen LogP contribution is 2.21. The third kappa shape index (κ3) is 3.66. The van der Waals surface area contributed by atoms with Crippen molar-refractivity contribution < 1.29 is 9.90 Å². The number of hydrogen-bond donors (Lipinski definition) is 1. The van der Waals surface area contributed by atoms with E-state index in [-0.39, 0.29) is 0 Å². The van der Waals surface area contributed by atoms with Gasteiger partial charge in [0.25, 0.3) is 0 Å².